The predicted molar refractivity (Wildman–Crippen MR) is 155 cm³/mol. The van der Waals surface area contributed by atoms with Crippen molar-refractivity contribution in [3.63, 3.8) is 0 Å². The van der Waals surface area contributed by atoms with Crippen LogP contribution in [0.4, 0.5) is 0 Å². The molecule has 2 aromatic rings. The van der Waals surface area contributed by atoms with Crippen molar-refractivity contribution in [2.45, 2.75) is 122 Å². The highest BCUT2D eigenvalue weighted by Gasteiger charge is 2.56. The molecule has 1 heterocycles. The van der Waals surface area contributed by atoms with Gasteiger partial charge in [-0.1, -0.05) is 39.3 Å². The molecule has 0 saturated heterocycles. The molecule has 210 valence electrons. The van der Waals surface area contributed by atoms with Crippen LogP contribution in [0.2, 0.25) is 0 Å². The summed E-state index contributed by atoms with van der Waals surface area (Å²) in [5.41, 5.74) is 7.25. The van der Waals surface area contributed by atoms with Crippen LogP contribution in [0, 0.1) is 29.1 Å². The summed E-state index contributed by atoms with van der Waals surface area (Å²) in [6.07, 6.45) is 18.4. The van der Waals surface area contributed by atoms with Crippen LogP contribution in [0.5, 0.6) is 0 Å². The molecule has 1 aromatic carbocycles. The number of esters is 1. The maximum absolute atomic E-state index is 13.0. The molecule has 6 aliphatic rings. The summed E-state index contributed by atoms with van der Waals surface area (Å²) < 4.78 is 7.75. The fourth-order valence-corrected chi connectivity index (χ4v) is 11.1. The molecule has 5 fully saturated rings. The lowest BCUT2D eigenvalue weighted by atomic mass is 9.49. The van der Waals surface area contributed by atoms with E-state index in [4.69, 9.17) is 9.72 Å². The van der Waals surface area contributed by atoms with Crippen LogP contribution in [0.1, 0.15) is 126 Å². The van der Waals surface area contributed by atoms with Gasteiger partial charge in [-0.25, -0.2) is 4.98 Å². The Bertz CT molecular complexity index is 1250. The van der Waals surface area contributed by atoms with Crippen LogP contribution in [0.3, 0.4) is 0 Å². The molecule has 0 amide bonds. The summed E-state index contributed by atoms with van der Waals surface area (Å²) in [6, 6.07) is 5.07. The second-order valence-corrected chi connectivity index (χ2v) is 15.3. The van der Waals surface area contributed by atoms with Gasteiger partial charge in [0.1, 0.15) is 0 Å². The molecule has 5 saturated carbocycles. The Morgan fingerprint density at radius 2 is 1.77 bits per heavy atom. The maximum atomic E-state index is 13.0. The fraction of sp³-hybridized carbons (Fsp3) is 0.714. The molecular weight excluding hydrogens is 480 g/mol. The van der Waals surface area contributed by atoms with Crippen molar-refractivity contribution in [2.24, 2.45) is 29.1 Å². The number of hydrogen-bond donors (Lipinski definition) is 0. The van der Waals surface area contributed by atoms with Crippen LogP contribution in [-0.4, -0.2) is 22.6 Å². The van der Waals surface area contributed by atoms with Gasteiger partial charge >= 0.3 is 5.97 Å². The lowest BCUT2D eigenvalue weighted by Crippen LogP contribution is -2.52. The number of carbonyl (C=O) groups is 1. The van der Waals surface area contributed by atoms with Gasteiger partial charge in [0.15, 0.2) is 0 Å². The molecule has 4 nitrogen and oxygen atoms in total. The van der Waals surface area contributed by atoms with Gasteiger partial charge in [-0.05, 0) is 128 Å². The number of rotatable bonds is 5. The van der Waals surface area contributed by atoms with Crippen molar-refractivity contribution in [2.75, 3.05) is 7.11 Å². The average molecular weight is 529 g/mol. The number of nitrogens with zero attached hydrogens (tertiary/aromatic N) is 2. The normalized spacial score (nSPS) is 38.5. The molecule has 6 aliphatic carbocycles. The monoisotopic (exact) mass is 528 g/mol. The van der Waals surface area contributed by atoms with Gasteiger partial charge in [-0.3, -0.25) is 4.79 Å². The minimum absolute atomic E-state index is 0.0122. The highest BCUT2D eigenvalue weighted by molar-refractivity contribution is 5.77. The second-order valence-electron chi connectivity index (χ2n) is 15.3. The van der Waals surface area contributed by atoms with E-state index in [9.17, 15) is 4.79 Å². The van der Waals surface area contributed by atoms with E-state index in [1.165, 1.54) is 66.5 Å². The zero-order valence-corrected chi connectivity index (χ0v) is 24.9. The van der Waals surface area contributed by atoms with Crippen molar-refractivity contribution in [3.05, 3.63) is 52.6 Å². The SMILES string of the molecule is COC(=O)[C@]1(C)CCC[C@]2(C)c3cc(Cn4cnc(C56CC7CC(CC(C7)C5)C6)c4)c(C(C)C)cc3CCC12. The number of imidazole rings is 1. The molecule has 3 atom stereocenters. The molecule has 8 rings (SSSR count). The first-order valence-electron chi connectivity index (χ1n) is 15.9. The Kier molecular flexibility index (Phi) is 5.93. The van der Waals surface area contributed by atoms with Gasteiger partial charge in [0, 0.05) is 18.2 Å². The molecule has 0 radical (unpaired) electrons. The Morgan fingerprint density at radius 1 is 1.08 bits per heavy atom. The first-order valence-corrected chi connectivity index (χ1v) is 15.9. The highest BCUT2D eigenvalue weighted by Crippen LogP contribution is 2.61. The Morgan fingerprint density at radius 3 is 2.41 bits per heavy atom. The molecule has 4 bridgehead atoms. The second kappa shape index (κ2) is 8.95. The molecule has 0 aliphatic heterocycles. The lowest BCUT2D eigenvalue weighted by molar-refractivity contribution is -0.161. The van der Waals surface area contributed by atoms with Crippen molar-refractivity contribution in [3.8, 4) is 0 Å². The molecule has 1 unspecified atom stereocenters. The smallest absolute Gasteiger partial charge is 0.311 e. The van der Waals surface area contributed by atoms with Gasteiger partial charge in [-0.15, -0.1) is 0 Å². The number of methoxy groups -OCH3 is 1. The van der Waals surface area contributed by atoms with E-state index >= 15 is 0 Å². The van der Waals surface area contributed by atoms with Crippen LogP contribution in [0.25, 0.3) is 0 Å². The Labute approximate surface area is 235 Å². The maximum Gasteiger partial charge on any atom is 0.311 e. The number of carbonyl (C=O) groups excluding carboxylic acids is 1. The first-order chi connectivity index (χ1) is 18.6. The fourth-order valence-electron chi connectivity index (χ4n) is 11.1. The van der Waals surface area contributed by atoms with E-state index in [-0.39, 0.29) is 11.4 Å². The van der Waals surface area contributed by atoms with E-state index in [1.807, 2.05) is 0 Å². The van der Waals surface area contributed by atoms with E-state index < -0.39 is 5.41 Å². The number of ether oxygens (including phenoxy) is 1. The number of aromatic nitrogens is 2. The third-order valence-electron chi connectivity index (χ3n) is 12.5. The van der Waals surface area contributed by atoms with Gasteiger partial charge in [0.05, 0.1) is 24.5 Å². The van der Waals surface area contributed by atoms with Crippen LogP contribution in [0.15, 0.2) is 24.7 Å². The molecule has 39 heavy (non-hydrogen) atoms. The number of aryl methyl sites for hydroxylation is 1. The molecule has 4 heteroatoms. The third kappa shape index (κ3) is 3.90. The van der Waals surface area contributed by atoms with Gasteiger partial charge < -0.3 is 9.30 Å². The van der Waals surface area contributed by atoms with E-state index in [2.05, 4.69) is 56.9 Å². The topological polar surface area (TPSA) is 44.1 Å². The standard InChI is InChI=1S/C35H48N2O2/c1-22(2)28-14-26-7-8-30-33(3,9-6-10-34(30,4)32(38)39-5)29(26)15-27(28)19-37-20-31(36-21-37)35-16-23-11-24(17-35)13-25(12-23)18-35/h14-15,20-25,30H,6-13,16-19H2,1-5H3/t23?,24?,25?,30?,33-,34-,35?/m1/s1. The lowest BCUT2D eigenvalue weighted by Gasteiger charge is -2.56. The molecule has 1 aromatic heterocycles. The number of benzene rings is 1. The zero-order chi connectivity index (χ0) is 27.2. The van der Waals surface area contributed by atoms with Gasteiger partial charge in [0.25, 0.3) is 0 Å². The third-order valence-corrected chi connectivity index (χ3v) is 12.5. The van der Waals surface area contributed by atoms with Crippen molar-refractivity contribution < 1.29 is 9.53 Å². The minimum Gasteiger partial charge on any atom is -0.469 e. The van der Waals surface area contributed by atoms with E-state index in [0.717, 1.165) is 56.4 Å². The summed E-state index contributed by atoms with van der Waals surface area (Å²) in [6.45, 7) is 10.2. The number of fused-ring (bicyclic) bond motifs is 3. The summed E-state index contributed by atoms with van der Waals surface area (Å²) in [4.78, 5) is 18.2. The quantitative estimate of drug-likeness (QED) is 0.373. The van der Waals surface area contributed by atoms with Crippen LogP contribution < -0.4 is 0 Å². The number of hydrogen-bond acceptors (Lipinski definition) is 3. The highest BCUT2D eigenvalue weighted by atomic mass is 16.5. The largest absolute Gasteiger partial charge is 0.469 e. The van der Waals surface area contributed by atoms with E-state index in [0.29, 0.717) is 17.3 Å². The minimum atomic E-state index is -0.395. The van der Waals surface area contributed by atoms with Gasteiger partial charge in [0.2, 0.25) is 0 Å². The molecule has 0 spiro atoms. The van der Waals surface area contributed by atoms with E-state index in [1.54, 1.807) is 7.11 Å². The predicted octanol–water partition coefficient (Wildman–Crippen LogP) is 7.71. The summed E-state index contributed by atoms with van der Waals surface area (Å²) in [7, 11) is 1.56. The van der Waals surface area contributed by atoms with Crippen molar-refractivity contribution in [1.82, 2.24) is 9.55 Å². The summed E-state index contributed by atoms with van der Waals surface area (Å²) in [5, 5.41) is 0. The first kappa shape index (κ1) is 25.8. The Hall–Kier alpha value is -2.10. The zero-order valence-electron chi connectivity index (χ0n) is 24.9. The molecular formula is C35H48N2O2. The van der Waals surface area contributed by atoms with Crippen molar-refractivity contribution >= 4 is 5.97 Å². The molecule has 0 N–H and O–H groups in total. The Balaban J connectivity index is 1.23. The van der Waals surface area contributed by atoms with Crippen LogP contribution >= 0.6 is 0 Å². The van der Waals surface area contributed by atoms with Crippen molar-refractivity contribution in [1.29, 1.82) is 0 Å². The summed E-state index contributed by atoms with van der Waals surface area (Å²) >= 11 is 0. The average Bonchev–Trinajstić information content (AvgIpc) is 3.36. The van der Waals surface area contributed by atoms with Gasteiger partial charge in [-0.2, -0.15) is 0 Å². The summed E-state index contributed by atoms with van der Waals surface area (Å²) in [5.74, 6) is 3.61. The van der Waals surface area contributed by atoms with Crippen LogP contribution in [-0.2, 0) is 33.3 Å².